The van der Waals surface area contributed by atoms with Gasteiger partial charge in [-0.3, -0.25) is 18.6 Å². The highest BCUT2D eigenvalue weighted by Gasteiger charge is 2.27. The van der Waals surface area contributed by atoms with Crippen molar-refractivity contribution in [2.45, 2.75) is 206 Å². The van der Waals surface area contributed by atoms with E-state index in [1.807, 2.05) is 6.08 Å². The number of unbranched alkanes of at least 4 members (excludes halogenated alkanes) is 20. The second-order valence-corrected chi connectivity index (χ2v) is 16.5. The van der Waals surface area contributed by atoms with Gasteiger partial charge < -0.3 is 24.6 Å². The number of rotatable bonds is 42. The SMILES string of the molecule is CCCCCCCC/C=C/C/C=C/C/C=C/CCCC(=O)OC[C@H](COP(=O)(O)OC[C@@H](O)CO)OC(=O)CCCCCCCCC/C=C/CCCCCCCC. The van der Waals surface area contributed by atoms with E-state index < -0.39 is 51.8 Å². The second-order valence-electron chi connectivity index (χ2n) is 15.1. The van der Waals surface area contributed by atoms with Crippen molar-refractivity contribution in [2.75, 3.05) is 26.4 Å². The van der Waals surface area contributed by atoms with Crippen molar-refractivity contribution in [2.24, 2.45) is 0 Å². The molecular formula is C46H83O10P. The molecule has 0 aliphatic rings. The van der Waals surface area contributed by atoms with E-state index >= 15 is 0 Å². The molecule has 0 rings (SSSR count). The highest BCUT2D eigenvalue weighted by atomic mass is 31.2. The van der Waals surface area contributed by atoms with Crippen LogP contribution < -0.4 is 0 Å². The standard InChI is InChI=1S/C46H83O10P/c1-3-5-7-9-11-13-15-17-19-21-23-25-27-29-31-33-35-37-45(49)53-41-44(42-55-57(51,52)54-40-43(48)39-47)56-46(50)38-36-34-32-30-28-26-24-22-20-18-16-14-12-10-8-6-4-2/h17-20,23,25,29,31,43-44,47-48H,3-16,21-22,24,26-28,30,32-42H2,1-2H3,(H,51,52)/b19-17+,20-18+,25-23+,31-29+/t43-,44+/m0/s1. The molecule has 0 aliphatic heterocycles. The first-order valence-corrected chi connectivity index (χ1v) is 24.1. The minimum absolute atomic E-state index is 0.168. The molecule has 0 saturated heterocycles. The van der Waals surface area contributed by atoms with Gasteiger partial charge in [-0.15, -0.1) is 0 Å². The van der Waals surface area contributed by atoms with E-state index in [0.29, 0.717) is 19.3 Å². The van der Waals surface area contributed by atoms with Crippen LogP contribution in [0.5, 0.6) is 0 Å². The van der Waals surface area contributed by atoms with Crippen LogP contribution in [-0.2, 0) is 32.7 Å². The fourth-order valence-electron chi connectivity index (χ4n) is 5.94. The summed E-state index contributed by atoms with van der Waals surface area (Å²) < 4.78 is 32.7. The predicted octanol–water partition coefficient (Wildman–Crippen LogP) is 12.1. The molecule has 0 aliphatic carbocycles. The summed E-state index contributed by atoms with van der Waals surface area (Å²) in [5, 5.41) is 18.3. The third kappa shape index (κ3) is 41.9. The minimum Gasteiger partial charge on any atom is -0.462 e. The molecule has 0 fully saturated rings. The molecule has 10 nitrogen and oxygen atoms in total. The third-order valence-corrected chi connectivity index (χ3v) is 10.4. The normalized spacial score (nSPS) is 14.3. The number of phosphoric ester groups is 1. The summed E-state index contributed by atoms with van der Waals surface area (Å²) in [4.78, 5) is 35.0. The zero-order chi connectivity index (χ0) is 41.9. The minimum atomic E-state index is -4.63. The van der Waals surface area contributed by atoms with Crippen LogP contribution in [0.15, 0.2) is 48.6 Å². The smallest absolute Gasteiger partial charge is 0.462 e. The number of phosphoric acid groups is 1. The lowest BCUT2D eigenvalue weighted by Gasteiger charge is -2.20. The monoisotopic (exact) mass is 827 g/mol. The topological polar surface area (TPSA) is 149 Å². The summed E-state index contributed by atoms with van der Waals surface area (Å²) in [6.07, 6.45) is 45.1. The quantitative estimate of drug-likeness (QED) is 0.0235. The molecule has 0 bridgehead atoms. The average molecular weight is 827 g/mol. The molecule has 0 saturated carbocycles. The zero-order valence-electron chi connectivity index (χ0n) is 36.0. The van der Waals surface area contributed by atoms with E-state index in [0.717, 1.165) is 44.9 Å². The van der Waals surface area contributed by atoms with Crippen LogP contribution >= 0.6 is 7.82 Å². The molecule has 0 radical (unpaired) electrons. The van der Waals surface area contributed by atoms with Crippen molar-refractivity contribution < 1.29 is 47.8 Å². The first-order chi connectivity index (χ1) is 27.7. The lowest BCUT2D eigenvalue weighted by Crippen LogP contribution is -2.29. The highest BCUT2D eigenvalue weighted by Crippen LogP contribution is 2.43. The van der Waals surface area contributed by atoms with Crippen molar-refractivity contribution in [1.29, 1.82) is 0 Å². The number of allylic oxidation sites excluding steroid dienone is 8. The van der Waals surface area contributed by atoms with E-state index in [1.54, 1.807) is 0 Å². The number of esters is 2. The maximum absolute atomic E-state index is 12.6. The molecule has 57 heavy (non-hydrogen) atoms. The first kappa shape index (κ1) is 54.9. The van der Waals surface area contributed by atoms with Gasteiger partial charge in [0, 0.05) is 12.8 Å². The van der Waals surface area contributed by atoms with Gasteiger partial charge in [-0.25, -0.2) is 4.57 Å². The molecule has 3 N–H and O–H groups in total. The summed E-state index contributed by atoms with van der Waals surface area (Å²) in [7, 11) is -4.63. The number of aliphatic hydroxyl groups excluding tert-OH is 2. The fraction of sp³-hybridized carbons (Fsp3) is 0.783. The van der Waals surface area contributed by atoms with Crippen molar-refractivity contribution in [3.05, 3.63) is 48.6 Å². The van der Waals surface area contributed by atoms with Crippen LogP contribution in [0.3, 0.4) is 0 Å². The Balaban J connectivity index is 4.36. The Morgan fingerprint density at radius 1 is 0.526 bits per heavy atom. The molecule has 0 heterocycles. The third-order valence-electron chi connectivity index (χ3n) is 9.46. The molecule has 0 aromatic rings. The van der Waals surface area contributed by atoms with Crippen molar-refractivity contribution in [3.63, 3.8) is 0 Å². The van der Waals surface area contributed by atoms with Gasteiger partial charge in [-0.05, 0) is 70.6 Å². The number of hydrogen-bond acceptors (Lipinski definition) is 9. The van der Waals surface area contributed by atoms with Gasteiger partial charge in [-0.1, -0.05) is 159 Å². The zero-order valence-corrected chi connectivity index (χ0v) is 36.9. The first-order valence-electron chi connectivity index (χ1n) is 22.6. The van der Waals surface area contributed by atoms with Crippen LogP contribution in [-0.4, -0.2) is 65.7 Å². The highest BCUT2D eigenvalue weighted by molar-refractivity contribution is 7.47. The maximum atomic E-state index is 12.6. The van der Waals surface area contributed by atoms with E-state index in [4.69, 9.17) is 19.1 Å². The summed E-state index contributed by atoms with van der Waals surface area (Å²) >= 11 is 0. The van der Waals surface area contributed by atoms with Gasteiger partial charge in [0.05, 0.1) is 19.8 Å². The summed E-state index contributed by atoms with van der Waals surface area (Å²) in [6, 6.07) is 0. The largest absolute Gasteiger partial charge is 0.472 e. The van der Waals surface area contributed by atoms with E-state index in [9.17, 15) is 24.2 Å². The van der Waals surface area contributed by atoms with E-state index in [1.165, 1.54) is 103 Å². The van der Waals surface area contributed by atoms with E-state index in [2.05, 4.69) is 60.9 Å². The Kier molecular flexibility index (Phi) is 40.5. The van der Waals surface area contributed by atoms with Crippen LogP contribution in [0.25, 0.3) is 0 Å². The van der Waals surface area contributed by atoms with Crippen LogP contribution in [0.2, 0.25) is 0 Å². The number of hydrogen-bond donors (Lipinski definition) is 3. The molecule has 3 atom stereocenters. The average Bonchev–Trinajstić information content (AvgIpc) is 3.20. The summed E-state index contributed by atoms with van der Waals surface area (Å²) in [5.74, 6) is -0.990. The lowest BCUT2D eigenvalue weighted by atomic mass is 10.1. The number of ether oxygens (including phenoxy) is 2. The lowest BCUT2D eigenvalue weighted by molar-refractivity contribution is -0.161. The Labute approximate surface area is 347 Å². The molecule has 0 spiro atoms. The Morgan fingerprint density at radius 3 is 1.44 bits per heavy atom. The van der Waals surface area contributed by atoms with Gasteiger partial charge >= 0.3 is 19.8 Å². The molecule has 0 aromatic heterocycles. The molecule has 0 amide bonds. The fourth-order valence-corrected chi connectivity index (χ4v) is 6.73. The van der Waals surface area contributed by atoms with Gasteiger partial charge in [0.2, 0.25) is 0 Å². The van der Waals surface area contributed by atoms with E-state index in [-0.39, 0.29) is 19.4 Å². The Hall–Kier alpha value is -2.07. The van der Waals surface area contributed by atoms with Gasteiger partial charge in [0.1, 0.15) is 12.7 Å². The van der Waals surface area contributed by atoms with Crippen LogP contribution in [0, 0.1) is 0 Å². The predicted molar refractivity (Wildman–Crippen MR) is 233 cm³/mol. The Bertz CT molecular complexity index is 1090. The van der Waals surface area contributed by atoms with Crippen molar-refractivity contribution in [3.8, 4) is 0 Å². The summed E-state index contributed by atoms with van der Waals surface area (Å²) in [6.45, 7) is 2.31. The van der Waals surface area contributed by atoms with Gasteiger partial charge in [-0.2, -0.15) is 0 Å². The second kappa shape index (κ2) is 42.1. The van der Waals surface area contributed by atoms with Crippen LogP contribution in [0.1, 0.15) is 194 Å². The number of carbonyl (C=O) groups excluding carboxylic acids is 2. The Morgan fingerprint density at radius 2 is 0.930 bits per heavy atom. The van der Waals surface area contributed by atoms with Gasteiger partial charge in [0.25, 0.3) is 0 Å². The van der Waals surface area contributed by atoms with Gasteiger partial charge in [0.15, 0.2) is 6.10 Å². The molecule has 11 heteroatoms. The number of aliphatic hydroxyl groups is 2. The maximum Gasteiger partial charge on any atom is 0.472 e. The van der Waals surface area contributed by atoms with Crippen molar-refractivity contribution in [1.82, 2.24) is 0 Å². The van der Waals surface area contributed by atoms with Crippen LogP contribution in [0.4, 0.5) is 0 Å². The molecular weight excluding hydrogens is 743 g/mol. The molecule has 1 unspecified atom stereocenters. The van der Waals surface area contributed by atoms with Crippen molar-refractivity contribution >= 4 is 19.8 Å². The summed E-state index contributed by atoms with van der Waals surface area (Å²) in [5.41, 5.74) is 0. The molecule has 332 valence electrons. The molecule has 0 aromatic carbocycles. The number of carbonyl (C=O) groups is 2.